The Bertz CT molecular complexity index is 531. The molecule has 2 aromatic rings. The van der Waals surface area contributed by atoms with E-state index >= 15 is 0 Å². The molecule has 0 saturated heterocycles. The Labute approximate surface area is 121 Å². The van der Waals surface area contributed by atoms with E-state index in [0.717, 1.165) is 32.8 Å². The normalized spacial score (nSPS) is 11.6. The first-order valence-electron chi connectivity index (χ1n) is 7.58. The van der Waals surface area contributed by atoms with Crippen LogP contribution in [0.5, 0.6) is 0 Å². The zero-order valence-corrected chi connectivity index (χ0v) is 12.9. The molecular weight excluding hydrogens is 248 g/mol. The van der Waals surface area contributed by atoms with Crippen LogP contribution in [0.4, 0.5) is 0 Å². The first kappa shape index (κ1) is 15.1. The highest BCUT2D eigenvalue weighted by Gasteiger charge is 2.08. The third kappa shape index (κ3) is 3.84. The molecule has 0 aliphatic carbocycles. The summed E-state index contributed by atoms with van der Waals surface area (Å²) < 4.78 is 7.89. The second-order valence-corrected chi connectivity index (χ2v) is 5.57. The lowest BCUT2D eigenvalue weighted by Crippen LogP contribution is -2.21. The van der Waals surface area contributed by atoms with Crippen molar-refractivity contribution in [3.8, 4) is 0 Å². The van der Waals surface area contributed by atoms with Crippen LogP contribution in [0, 0.1) is 5.92 Å². The van der Waals surface area contributed by atoms with Crippen molar-refractivity contribution in [3.05, 3.63) is 36.0 Å². The smallest absolute Gasteiger partial charge is 0.0645 e. The van der Waals surface area contributed by atoms with E-state index in [1.807, 2.05) is 6.92 Å². The summed E-state index contributed by atoms with van der Waals surface area (Å²) in [5.41, 5.74) is 2.64. The number of aromatic nitrogens is 1. The molecule has 20 heavy (non-hydrogen) atoms. The number of nitrogens with one attached hydrogen (secondary N) is 1. The predicted molar refractivity (Wildman–Crippen MR) is 85.0 cm³/mol. The van der Waals surface area contributed by atoms with Gasteiger partial charge in [0.05, 0.1) is 6.61 Å². The monoisotopic (exact) mass is 274 g/mol. The van der Waals surface area contributed by atoms with Crippen LogP contribution in [0.1, 0.15) is 26.5 Å². The van der Waals surface area contributed by atoms with Crippen molar-refractivity contribution >= 4 is 10.9 Å². The SMILES string of the molecule is CCOCCn1c(CNCC(C)C)cc2ccccc21. The molecule has 2 rings (SSSR count). The zero-order chi connectivity index (χ0) is 14.4. The standard InChI is InChI=1S/C17H26N2O/c1-4-20-10-9-19-16(13-18-12-14(2)3)11-15-7-5-6-8-17(15)19/h5-8,11,14,18H,4,9-10,12-13H2,1-3H3. The van der Waals surface area contributed by atoms with E-state index in [9.17, 15) is 0 Å². The number of rotatable bonds is 8. The van der Waals surface area contributed by atoms with Gasteiger partial charge in [0.25, 0.3) is 0 Å². The molecule has 0 aliphatic heterocycles. The molecule has 110 valence electrons. The van der Waals surface area contributed by atoms with E-state index < -0.39 is 0 Å². The maximum absolute atomic E-state index is 5.51. The fourth-order valence-corrected chi connectivity index (χ4v) is 2.47. The number of hydrogen-bond donors (Lipinski definition) is 1. The molecule has 3 nitrogen and oxygen atoms in total. The summed E-state index contributed by atoms with van der Waals surface area (Å²) >= 11 is 0. The van der Waals surface area contributed by atoms with Gasteiger partial charge in [0.1, 0.15) is 0 Å². The first-order valence-corrected chi connectivity index (χ1v) is 7.58. The molecule has 1 aromatic heterocycles. The molecule has 0 saturated carbocycles. The maximum atomic E-state index is 5.51. The summed E-state index contributed by atoms with van der Waals surface area (Å²) in [7, 11) is 0. The van der Waals surface area contributed by atoms with Crippen molar-refractivity contribution in [3.63, 3.8) is 0 Å². The minimum atomic E-state index is 0.677. The van der Waals surface area contributed by atoms with Gasteiger partial charge in [0, 0.05) is 30.9 Å². The molecule has 1 N–H and O–H groups in total. The van der Waals surface area contributed by atoms with Crippen LogP contribution >= 0.6 is 0 Å². The van der Waals surface area contributed by atoms with Crippen molar-refractivity contribution < 1.29 is 4.74 Å². The first-order chi connectivity index (χ1) is 9.72. The van der Waals surface area contributed by atoms with E-state index in [1.54, 1.807) is 0 Å². The average Bonchev–Trinajstić information content (AvgIpc) is 2.77. The van der Waals surface area contributed by atoms with Gasteiger partial charge in [-0.1, -0.05) is 32.0 Å². The molecule has 0 aliphatic rings. The van der Waals surface area contributed by atoms with Crippen LogP contribution in [-0.2, 0) is 17.8 Å². The van der Waals surface area contributed by atoms with Crippen LogP contribution in [-0.4, -0.2) is 24.3 Å². The summed E-state index contributed by atoms with van der Waals surface area (Å²) in [6, 6.07) is 10.9. The average molecular weight is 274 g/mol. The van der Waals surface area contributed by atoms with Gasteiger partial charge in [-0.25, -0.2) is 0 Å². The summed E-state index contributed by atoms with van der Waals surface area (Å²) in [4.78, 5) is 0. The van der Waals surface area contributed by atoms with Gasteiger partial charge in [0.15, 0.2) is 0 Å². The van der Waals surface area contributed by atoms with Crippen LogP contribution in [0.2, 0.25) is 0 Å². The number of hydrogen-bond acceptors (Lipinski definition) is 2. The molecule has 1 aromatic carbocycles. The number of nitrogens with zero attached hydrogens (tertiary/aromatic N) is 1. The molecule has 3 heteroatoms. The van der Waals surface area contributed by atoms with Gasteiger partial charge >= 0.3 is 0 Å². The van der Waals surface area contributed by atoms with Crippen molar-refractivity contribution in [2.45, 2.75) is 33.9 Å². The van der Waals surface area contributed by atoms with Gasteiger partial charge in [-0.2, -0.15) is 0 Å². The summed E-state index contributed by atoms with van der Waals surface area (Å²) in [5, 5.41) is 4.84. The quantitative estimate of drug-likeness (QED) is 0.746. The van der Waals surface area contributed by atoms with E-state index in [4.69, 9.17) is 4.74 Å². The second kappa shape index (κ2) is 7.46. The van der Waals surface area contributed by atoms with E-state index in [-0.39, 0.29) is 0 Å². The Balaban J connectivity index is 2.15. The molecule has 0 spiro atoms. The molecule has 0 radical (unpaired) electrons. The summed E-state index contributed by atoms with van der Waals surface area (Å²) in [6.45, 7) is 10.9. The van der Waals surface area contributed by atoms with E-state index in [0.29, 0.717) is 5.92 Å². The zero-order valence-electron chi connectivity index (χ0n) is 12.9. The van der Waals surface area contributed by atoms with Crippen molar-refractivity contribution in [1.29, 1.82) is 0 Å². The largest absolute Gasteiger partial charge is 0.380 e. The van der Waals surface area contributed by atoms with Crippen molar-refractivity contribution in [2.75, 3.05) is 19.8 Å². The third-order valence-electron chi connectivity index (χ3n) is 3.42. The number of para-hydroxylation sites is 1. The Kier molecular flexibility index (Phi) is 5.62. The van der Waals surface area contributed by atoms with Crippen LogP contribution in [0.25, 0.3) is 10.9 Å². The van der Waals surface area contributed by atoms with Crippen LogP contribution in [0.3, 0.4) is 0 Å². The molecule has 0 fully saturated rings. The Morgan fingerprint density at radius 3 is 2.80 bits per heavy atom. The van der Waals surface area contributed by atoms with Crippen molar-refractivity contribution in [1.82, 2.24) is 9.88 Å². The lowest BCUT2D eigenvalue weighted by molar-refractivity contribution is 0.139. The molecule has 0 unspecified atom stereocenters. The number of fused-ring (bicyclic) bond motifs is 1. The fourth-order valence-electron chi connectivity index (χ4n) is 2.47. The lowest BCUT2D eigenvalue weighted by atomic mass is 10.2. The molecule has 0 atom stereocenters. The van der Waals surface area contributed by atoms with E-state index in [1.165, 1.54) is 16.6 Å². The molecular formula is C17H26N2O. The van der Waals surface area contributed by atoms with Crippen LogP contribution in [0.15, 0.2) is 30.3 Å². The molecule has 1 heterocycles. The topological polar surface area (TPSA) is 26.2 Å². The molecule has 0 amide bonds. The maximum Gasteiger partial charge on any atom is 0.0645 e. The minimum absolute atomic E-state index is 0.677. The van der Waals surface area contributed by atoms with Gasteiger partial charge < -0.3 is 14.6 Å². The van der Waals surface area contributed by atoms with E-state index in [2.05, 4.69) is 54.1 Å². The highest BCUT2D eigenvalue weighted by molar-refractivity contribution is 5.81. The lowest BCUT2D eigenvalue weighted by Gasteiger charge is -2.12. The predicted octanol–water partition coefficient (Wildman–Crippen LogP) is 3.42. The third-order valence-corrected chi connectivity index (χ3v) is 3.42. The highest BCUT2D eigenvalue weighted by Crippen LogP contribution is 2.19. The summed E-state index contributed by atoms with van der Waals surface area (Å²) in [5.74, 6) is 0.677. The van der Waals surface area contributed by atoms with Gasteiger partial charge in [-0.3, -0.25) is 0 Å². The van der Waals surface area contributed by atoms with Crippen LogP contribution < -0.4 is 5.32 Å². The number of benzene rings is 1. The number of ether oxygens (including phenoxy) is 1. The minimum Gasteiger partial charge on any atom is -0.380 e. The Morgan fingerprint density at radius 1 is 1.25 bits per heavy atom. The Morgan fingerprint density at radius 2 is 2.05 bits per heavy atom. The highest BCUT2D eigenvalue weighted by atomic mass is 16.5. The fraction of sp³-hybridized carbons (Fsp3) is 0.529. The van der Waals surface area contributed by atoms with Gasteiger partial charge in [-0.05, 0) is 36.9 Å². The van der Waals surface area contributed by atoms with Gasteiger partial charge in [0.2, 0.25) is 0 Å². The second-order valence-electron chi connectivity index (χ2n) is 5.57. The Hall–Kier alpha value is -1.32. The van der Waals surface area contributed by atoms with Gasteiger partial charge in [-0.15, -0.1) is 0 Å². The summed E-state index contributed by atoms with van der Waals surface area (Å²) in [6.07, 6.45) is 0. The molecule has 0 bridgehead atoms. The van der Waals surface area contributed by atoms with Crippen molar-refractivity contribution in [2.24, 2.45) is 5.92 Å².